The molecule has 0 saturated carbocycles. The second kappa shape index (κ2) is 4.34. The number of anilines is 1. The second-order valence-corrected chi connectivity index (χ2v) is 5.00. The maximum atomic E-state index is 5.96. The van der Waals surface area contributed by atoms with Gasteiger partial charge in [0.1, 0.15) is 11.3 Å². The zero-order valence-corrected chi connectivity index (χ0v) is 10.7. The maximum absolute atomic E-state index is 5.96. The second-order valence-electron chi connectivity index (χ2n) is 3.89. The molecule has 0 bridgehead atoms. The molecule has 0 fully saturated rings. The third kappa shape index (κ3) is 1.73. The Labute approximate surface area is 108 Å². The summed E-state index contributed by atoms with van der Waals surface area (Å²) in [6, 6.07) is 5.62. The van der Waals surface area contributed by atoms with E-state index < -0.39 is 0 Å². The number of pyridine rings is 1. The van der Waals surface area contributed by atoms with Gasteiger partial charge in [-0.15, -0.1) is 11.3 Å². The number of hydrogen-bond donors (Lipinski definition) is 1. The number of hydrogen-bond acceptors (Lipinski definition) is 5. The van der Waals surface area contributed by atoms with Gasteiger partial charge in [-0.2, -0.15) is 0 Å². The van der Waals surface area contributed by atoms with Crippen molar-refractivity contribution in [3.63, 3.8) is 0 Å². The van der Waals surface area contributed by atoms with Crippen LogP contribution in [0.3, 0.4) is 0 Å². The highest BCUT2D eigenvalue weighted by Crippen LogP contribution is 2.40. The monoisotopic (exact) mass is 260 g/mol. The van der Waals surface area contributed by atoms with Crippen molar-refractivity contribution in [3.05, 3.63) is 41.3 Å². The van der Waals surface area contributed by atoms with Gasteiger partial charge in [0, 0.05) is 12.6 Å². The Bertz CT molecular complexity index is 674. The number of furan rings is 1. The number of fused-ring (bicyclic) bond motifs is 1. The lowest BCUT2D eigenvalue weighted by molar-refractivity contribution is 0.415. The summed E-state index contributed by atoms with van der Waals surface area (Å²) in [7, 11) is 1.65. The molecule has 0 atom stereocenters. The van der Waals surface area contributed by atoms with Crippen molar-refractivity contribution in [2.45, 2.75) is 6.42 Å². The van der Waals surface area contributed by atoms with E-state index in [1.807, 2.05) is 12.1 Å². The van der Waals surface area contributed by atoms with E-state index in [1.54, 1.807) is 37.0 Å². The van der Waals surface area contributed by atoms with Crippen LogP contribution in [-0.4, -0.2) is 12.1 Å². The van der Waals surface area contributed by atoms with Crippen LogP contribution in [0.4, 0.5) is 5.69 Å². The number of aromatic nitrogens is 1. The topological polar surface area (TPSA) is 61.3 Å². The van der Waals surface area contributed by atoms with E-state index in [0.29, 0.717) is 6.42 Å². The molecular formula is C13H12N2O2S. The molecule has 0 aromatic carbocycles. The lowest BCUT2D eigenvalue weighted by Gasteiger charge is -2.00. The van der Waals surface area contributed by atoms with Crippen LogP contribution in [0, 0.1) is 0 Å². The van der Waals surface area contributed by atoms with E-state index in [2.05, 4.69) is 4.98 Å². The van der Waals surface area contributed by atoms with Gasteiger partial charge in [0.05, 0.1) is 28.6 Å². The number of nitrogen functional groups attached to an aromatic ring is 1. The molecule has 92 valence electrons. The van der Waals surface area contributed by atoms with Crippen molar-refractivity contribution < 1.29 is 9.15 Å². The number of nitrogens with two attached hydrogens (primary N) is 1. The third-order valence-electron chi connectivity index (χ3n) is 2.75. The summed E-state index contributed by atoms with van der Waals surface area (Å²) in [6.07, 6.45) is 4.06. The first-order valence-electron chi connectivity index (χ1n) is 5.52. The fourth-order valence-electron chi connectivity index (χ4n) is 1.93. The molecule has 0 aliphatic heterocycles. The van der Waals surface area contributed by atoms with E-state index in [0.717, 1.165) is 32.3 Å². The first kappa shape index (κ1) is 11.1. The fraction of sp³-hybridized carbons (Fsp3) is 0.154. The number of ether oxygens (including phenoxy) is 1. The summed E-state index contributed by atoms with van der Waals surface area (Å²) < 4.78 is 11.8. The van der Waals surface area contributed by atoms with Crippen LogP contribution in [0.1, 0.15) is 10.6 Å². The highest BCUT2D eigenvalue weighted by atomic mass is 32.1. The zero-order chi connectivity index (χ0) is 12.5. The number of nitrogens with zero attached hydrogens (tertiary/aromatic N) is 1. The van der Waals surface area contributed by atoms with Crippen LogP contribution in [0.5, 0.6) is 5.75 Å². The van der Waals surface area contributed by atoms with Crippen LogP contribution < -0.4 is 10.5 Å². The molecule has 3 aromatic rings. The first-order valence-corrected chi connectivity index (χ1v) is 6.33. The van der Waals surface area contributed by atoms with Crippen molar-refractivity contribution in [1.29, 1.82) is 0 Å². The highest BCUT2D eigenvalue weighted by molar-refractivity contribution is 7.20. The molecule has 4 nitrogen and oxygen atoms in total. The zero-order valence-electron chi connectivity index (χ0n) is 9.84. The molecule has 0 aliphatic carbocycles. The van der Waals surface area contributed by atoms with E-state index >= 15 is 0 Å². The molecule has 3 rings (SSSR count). The van der Waals surface area contributed by atoms with Gasteiger partial charge in [0.15, 0.2) is 5.75 Å². The summed E-state index contributed by atoms with van der Waals surface area (Å²) in [5.74, 6) is 1.69. The van der Waals surface area contributed by atoms with Gasteiger partial charge in [0.25, 0.3) is 0 Å². The minimum Gasteiger partial charge on any atom is -0.493 e. The van der Waals surface area contributed by atoms with Crippen molar-refractivity contribution in [3.8, 4) is 5.75 Å². The van der Waals surface area contributed by atoms with Crippen LogP contribution in [0.15, 0.2) is 35.1 Å². The number of methoxy groups -OCH3 is 1. The predicted molar refractivity (Wildman–Crippen MR) is 72.1 cm³/mol. The maximum Gasteiger partial charge on any atom is 0.159 e. The summed E-state index contributed by atoms with van der Waals surface area (Å²) >= 11 is 1.60. The Morgan fingerprint density at radius 1 is 1.44 bits per heavy atom. The van der Waals surface area contributed by atoms with Gasteiger partial charge in [-0.25, -0.2) is 0 Å². The molecule has 5 heteroatoms. The van der Waals surface area contributed by atoms with Crippen molar-refractivity contribution >= 4 is 27.2 Å². The van der Waals surface area contributed by atoms with Gasteiger partial charge in [-0.1, -0.05) is 0 Å². The van der Waals surface area contributed by atoms with Crippen LogP contribution in [-0.2, 0) is 6.42 Å². The summed E-state index contributed by atoms with van der Waals surface area (Å²) in [5, 5.41) is 0. The lowest BCUT2D eigenvalue weighted by Crippen LogP contribution is -1.89. The Balaban J connectivity index is 2.14. The highest BCUT2D eigenvalue weighted by Gasteiger charge is 2.16. The lowest BCUT2D eigenvalue weighted by atomic mass is 10.2. The normalized spacial score (nSPS) is 10.9. The first-order chi connectivity index (χ1) is 8.79. The van der Waals surface area contributed by atoms with Crippen LogP contribution in [0.2, 0.25) is 0 Å². The number of thiophene rings is 1. The van der Waals surface area contributed by atoms with Gasteiger partial charge in [0.2, 0.25) is 0 Å². The third-order valence-corrected chi connectivity index (χ3v) is 3.96. The molecule has 0 saturated heterocycles. The van der Waals surface area contributed by atoms with Gasteiger partial charge in [-0.3, -0.25) is 4.98 Å². The molecule has 0 aliphatic rings. The quantitative estimate of drug-likeness (QED) is 0.786. The van der Waals surface area contributed by atoms with E-state index in [9.17, 15) is 0 Å². The fourth-order valence-corrected chi connectivity index (χ4v) is 3.09. The Morgan fingerprint density at radius 2 is 2.33 bits per heavy atom. The minimum absolute atomic E-state index is 0.691. The Kier molecular flexibility index (Phi) is 2.68. The Morgan fingerprint density at radius 3 is 3.06 bits per heavy atom. The van der Waals surface area contributed by atoms with Crippen molar-refractivity contribution in [1.82, 2.24) is 4.98 Å². The molecular weight excluding hydrogens is 248 g/mol. The van der Waals surface area contributed by atoms with Crippen LogP contribution >= 0.6 is 11.3 Å². The summed E-state index contributed by atoms with van der Waals surface area (Å²) in [4.78, 5) is 5.41. The van der Waals surface area contributed by atoms with E-state index in [-0.39, 0.29) is 0 Å². The van der Waals surface area contributed by atoms with E-state index in [1.165, 1.54) is 0 Å². The summed E-state index contributed by atoms with van der Waals surface area (Å²) in [6.45, 7) is 0. The van der Waals surface area contributed by atoms with Gasteiger partial charge >= 0.3 is 0 Å². The smallest absolute Gasteiger partial charge is 0.159 e. The van der Waals surface area contributed by atoms with E-state index in [4.69, 9.17) is 14.9 Å². The SMILES string of the molecule is COc1c(Cc2ccco2)sc2c(N)ccnc12. The van der Waals surface area contributed by atoms with Crippen molar-refractivity contribution in [2.24, 2.45) is 0 Å². The minimum atomic E-state index is 0.691. The summed E-state index contributed by atoms with van der Waals surface area (Å²) in [5.41, 5.74) is 7.51. The molecule has 18 heavy (non-hydrogen) atoms. The average molecular weight is 260 g/mol. The standard InChI is InChI=1S/C13H12N2O2S/c1-16-12-10(7-8-3-2-6-17-8)18-13-9(14)4-5-15-11(12)13/h2-6H,7H2,1H3,(H2,14,15). The molecule has 3 aromatic heterocycles. The molecule has 0 spiro atoms. The van der Waals surface area contributed by atoms with Gasteiger partial charge in [-0.05, 0) is 18.2 Å². The van der Waals surface area contributed by atoms with Crippen molar-refractivity contribution in [2.75, 3.05) is 12.8 Å². The molecule has 2 N–H and O–H groups in total. The molecule has 0 radical (unpaired) electrons. The molecule has 0 amide bonds. The molecule has 0 unspecified atom stereocenters. The Hall–Kier alpha value is -2.01. The van der Waals surface area contributed by atoms with Gasteiger partial charge < -0.3 is 14.9 Å². The molecule has 3 heterocycles. The number of rotatable bonds is 3. The largest absolute Gasteiger partial charge is 0.493 e. The van der Waals surface area contributed by atoms with Crippen LogP contribution in [0.25, 0.3) is 10.2 Å². The average Bonchev–Trinajstić information content (AvgIpc) is 2.97. The predicted octanol–water partition coefficient (Wildman–Crippen LogP) is 3.07.